The molecular formula is C12H20N4O6Y2-4. The predicted octanol–water partition coefficient (Wildman–Crippen LogP) is -0.677. The Morgan fingerprint density at radius 3 is 1.92 bits per heavy atom. The minimum Gasteiger partial charge on any atom is -0.563 e. The summed E-state index contributed by atoms with van der Waals surface area (Å²) < 4.78 is 8.37. The van der Waals surface area contributed by atoms with Crippen molar-refractivity contribution in [2.24, 2.45) is 5.73 Å². The van der Waals surface area contributed by atoms with Crippen LogP contribution in [0.25, 0.3) is 0 Å². The number of aromatic hydroxyl groups is 1. The summed E-state index contributed by atoms with van der Waals surface area (Å²) in [4.78, 5) is 36.1. The molecule has 24 heavy (non-hydrogen) atoms. The van der Waals surface area contributed by atoms with E-state index in [0.29, 0.717) is 0 Å². The summed E-state index contributed by atoms with van der Waals surface area (Å²) in [6, 6.07) is 0.969. The maximum absolute atomic E-state index is 10.3. The summed E-state index contributed by atoms with van der Waals surface area (Å²) in [5, 5.41) is 14.2. The summed E-state index contributed by atoms with van der Waals surface area (Å²) in [6.07, 6.45) is 3.28. The quantitative estimate of drug-likeness (QED) is 0.105. The minimum atomic E-state index is -0.582. The van der Waals surface area contributed by atoms with Crippen molar-refractivity contribution in [3.63, 3.8) is 0 Å². The van der Waals surface area contributed by atoms with Crippen LogP contribution in [0, 0.1) is 26.6 Å². The van der Waals surface area contributed by atoms with E-state index in [1.807, 2.05) is 0 Å². The Morgan fingerprint density at radius 2 is 1.71 bits per heavy atom. The summed E-state index contributed by atoms with van der Waals surface area (Å²) >= 11 is 0. The number of methoxy groups -OCH3 is 2. The van der Waals surface area contributed by atoms with E-state index in [2.05, 4.69) is 31.5 Å². The van der Waals surface area contributed by atoms with Gasteiger partial charge in [0.2, 0.25) is 0 Å². The average molecular weight is 494 g/mol. The average Bonchev–Trinajstić information content (AvgIpc) is 2.39. The molecule has 12 heteroatoms. The number of hydrogen-bond acceptors (Lipinski definition) is 8. The van der Waals surface area contributed by atoms with E-state index in [4.69, 9.17) is 10.5 Å². The zero-order valence-electron chi connectivity index (χ0n) is 14.0. The van der Waals surface area contributed by atoms with Gasteiger partial charge in [-0.1, -0.05) is 0 Å². The van der Waals surface area contributed by atoms with Crippen molar-refractivity contribution < 1.29 is 89.6 Å². The maximum atomic E-state index is 10.3. The number of ether oxygens (including phenoxy) is 2. The van der Waals surface area contributed by atoms with Crippen molar-refractivity contribution in [3.8, 4) is 5.88 Å². The normalized spacial score (nSPS) is 6.58. The Bertz CT molecular complexity index is 471. The number of nitrogens with two attached hydrogens (primary N) is 1. The molecule has 0 fully saturated rings. The molecule has 5 N–H and O–H groups in total. The molecule has 0 spiro atoms. The molecule has 134 valence electrons. The third kappa shape index (κ3) is 29.3. The van der Waals surface area contributed by atoms with Crippen LogP contribution in [0.4, 0.5) is 0 Å². The summed E-state index contributed by atoms with van der Waals surface area (Å²) in [5.41, 5.74) is 3.86. The predicted molar refractivity (Wildman–Crippen MR) is 78.7 cm³/mol. The van der Waals surface area contributed by atoms with Gasteiger partial charge in [-0.2, -0.15) is 0 Å². The molecule has 1 heterocycles. The fourth-order valence-corrected chi connectivity index (χ4v) is 0.588. The molecule has 0 aliphatic carbocycles. The number of esters is 2. The molecule has 1 aromatic rings. The maximum Gasteiger partial charge on any atom is 0.316 e. The van der Waals surface area contributed by atoms with Gasteiger partial charge >= 0.3 is 11.9 Å². The fraction of sp³-hybridized carbons (Fsp3) is 0.250. The van der Waals surface area contributed by atoms with E-state index < -0.39 is 17.5 Å². The van der Waals surface area contributed by atoms with Crippen LogP contribution in [0.3, 0.4) is 0 Å². The Labute approximate surface area is 191 Å². The van der Waals surface area contributed by atoms with Gasteiger partial charge in [0, 0.05) is 71.7 Å². The second-order valence-corrected chi connectivity index (χ2v) is 2.69. The number of hydrogen-bond donors (Lipinski definition) is 4. The molecule has 10 nitrogen and oxygen atoms in total. The van der Waals surface area contributed by atoms with Gasteiger partial charge in [0.1, 0.15) is 17.9 Å². The van der Waals surface area contributed by atoms with Crippen molar-refractivity contribution in [1.29, 1.82) is 5.41 Å². The first-order chi connectivity index (χ1) is 9.40. The Hall–Kier alpha value is -0.702. The van der Waals surface area contributed by atoms with Gasteiger partial charge in [0.05, 0.1) is 14.2 Å². The second-order valence-electron chi connectivity index (χ2n) is 2.69. The van der Waals surface area contributed by atoms with Gasteiger partial charge in [0.25, 0.3) is 0 Å². The van der Waals surface area contributed by atoms with Crippen LogP contribution in [0.5, 0.6) is 5.88 Å². The number of nitrogens with zero attached hydrogens (tertiary/aromatic N) is 1. The number of aromatic amines is 1. The first-order valence-electron chi connectivity index (χ1n) is 4.83. The zero-order valence-corrected chi connectivity index (χ0v) is 19.6. The van der Waals surface area contributed by atoms with E-state index in [1.165, 1.54) is 20.6 Å². The first kappa shape index (κ1) is 38.7. The van der Waals surface area contributed by atoms with Gasteiger partial charge in [0.15, 0.2) is 0 Å². The van der Waals surface area contributed by atoms with Crippen molar-refractivity contribution in [1.82, 2.24) is 9.97 Å². The third-order valence-corrected chi connectivity index (χ3v) is 1.35. The van der Waals surface area contributed by atoms with E-state index in [-0.39, 0.29) is 92.6 Å². The van der Waals surface area contributed by atoms with Gasteiger partial charge in [-0.15, -0.1) is 0 Å². The molecule has 0 aromatic carbocycles. The van der Waals surface area contributed by atoms with Crippen molar-refractivity contribution >= 4 is 18.3 Å². The molecule has 0 atom stereocenters. The molecule has 0 aliphatic heterocycles. The Morgan fingerprint density at radius 1 is 1.33 bits per heavy atom. The number of aromatic nitrogens is 2. The Balaban J connectivity index is -0.0000000508. The monoisotopic (exact) mass is 494 g/mol. The number of rotatable bonds is 2. The molecule has 0 bridgehead atoms. The van der Waals surface area contributed by atoms with Gasteiger partial charge < -0.3 is 61.7 Å². The SMILES string of the molecule is COC(=O)CC(=O)OC.N=[C-]N.O=c1cc(O)n[c-][nH]1.[CH3-].[CH3-].[Y].[Y]. The first-order valence-corrected chi connectivity index (χ1v) is 4.83. The van der Waals surface area contributed by atoms with Crippen molar-refractivity contribution in [3.05, 3.63) is 37.6 Å². The van der Waals surface area contributed by atoms with Crippen LogP contribution in [0.1, 0.15) is 6.42 Å². The summed E-state index contributed by atoms with van der Waals surface area (Å²) in [6.45, 7) is 0. The summed E-state index contributed by atoms with van der Waals surface area (Å²) in [7, 11) is 2.43. The van der Waals surface area contributed by atoms with E-state index >= 15 is 0 Å². The third-order valence-electron chi connectivity index (χ3n) is 1.35. The van der Waals surface area contributed by atoms with E-state index in [9.17, 15) is 14.4 Å². The van der Waals surface area contributed by atoms with Crippen LogP contribution < -0.4 is 11.3 Å². The van der Waals surface area contributed by atoms with Crippen LogP contribution in [-0.4, -0.2) is 47.6 Å². The second kappa shape index (κ2) is 27.2. The minimum absolute atomic E-state index is 0. The van der Waals surface area contributed by atoms with Crippen LogP contribution >= 0.6 is 0 Å². The number of carbonyl (C=O) groups excluding carboxylic acids is 2. The molecule has 0 saturated heterocycles. The number of nitrogens with one attached hydrogen (secondary N) is 2. The number of H-pyrrole nitrogens is 1. The van der Waals surface area contributed by atoms with Crippen LogP contribution in [0.15, 0.2) is 10.9 Å². The van der Waals surface area contributed by atoms with E-state index in [1.54, 1.807) is 0 Å². The topological polar surface area (TPSA) is 168 Å². The van der Waals surface area contributed by atoms with Gasteiger partial charge in [-0.05, 0) is 6.07 Å². The standard InChI is InChI=1S/C5H8O4.C4H3N2O2.CH3N2.2CH3.2Y/c1-8-4(6)3-5(7)9-2;7-3-1-4(8)6-2-5-3;2-1-3;;;;/h3H2,1-2H3;1H,(H2,5,6,7,8);(H3,2,3);2*1H3;;/q;4*-1;;. The molecule has 1 aromatic heterocycles. The van der Waals surface area contributed by atoms with Crippen LogP contribution in [0.2, 0.25) is 0 Å². The molecule has 0 saturated carbocycles. The largest absolute Gasteiger partial charge is 0.563 e. The molecule has 0 aliphatic rings. The Kier molecular flexibility index (Phi) is 43.8. The fourth-order valence-electron chi connectivity index (χ4n) is 0.588. The zero-order chi connectivity index (χ0) is 16.0. The number of carbonyl (C=O) groups is 2. The molecule has 0 unspecified atom stereocenters. The van der Waals surface area contributed by atoms with Gasteiger partial charge in [-0.25, -0.2) is 0 Å². The van der Waals surface area contributed by atoms with Crippen molar-refractivity contribution in [2.75, 3.05) is 14.2 Å². The van der Waals surface area contributed by atoms with Gasteiger partial charge in [-0.3, -0.25) is 9.59 Å². The molecule has 1 rings (SSSR count). The molecule has 0 amide bonds. The summed E-state index contributed by atoms with van der Waals surface area (Å²) in [5.74, 6) is -1.47. The molecular weight excluding hydrogens is 474 g/mol. The van der Waals surface area contributed by atoms with E-state index in [0.717, 1.165) is 6.07 Å². The van der Waals surface area contributed by atoms with Crippen molar-refractivity contribution in [2.45, 2.75) is 6.42 Å². The molecule has 2 radical (unpaired) electrons. The van der Waals surface area contributed by atoms with Crippen LogP contribution in [-0.2, 0) is 84.5 Å². The smallest absolute Gasteiger partial charge is 0.316 e.